The van der Waals surface area contributed by atoms with E-state index in [0.29, 0.717) is 12.5 Å². The highest BCUT2D eigenvalue weighted by Gasteiger charge is 2.41. The van der Waals surface area contributed by atoms with E-state index in [9.17, 15) is 14.7 Å². The zero-order chi connectivity index (χ0) is 14.3. The SMILES string of the molecule is CC1CCN(C(=O)NCC2CC3CCC2C3)C1C(=O)O. The standard InChI is InChI=1S/C15H24N2O3/c1-9-4-5-17(13(9)14(18)19)15(20)16-8-12-7-10-2-3-11(12)6-10/h9-13H,2-8H2,1H3,(H,16,20)(H,18,19). The Morgan fingerprint density at radius 1 is 1.25 bits per heavy atom. The molecule has 0 radical (unpaired) electrons. The van der Waals surface area contributed by atoms with Crippen LogP contribution in [0.4, 0.5) is 4.79 Å². The van der Waals surface area contributed by atoms with Gasteiger partial charge in [-0.2, -0.15) is 0 Å². The zero-order valence-corrected chi connectivity index (χ0v) is 12.0. The summed E-state index contributed by atoms with van der Waals surface area (Å²) < 4.78 is 0. The summed E-state index contributed by atoms with van der Waals surface area (Å²) in [6.07, 6.45) is 6.02. The van der Waals surface area contributed by atoms with E-state index in [0.717, 1.165) is 24.8 Å². The van der Waals surface area contributed by atoms with Gasteiger partial charge in [-0.05, 0) is 49.4 Å². The highest BCUT2D eigenvalue weighted by molar-refractivity contribution is 5.83. The molecule has 0 spiro atoms. The average Bonchev–Trinajstić information content (AvgIpc) is 3.09. The molecule has 2 saturated carbocycles. The number of likely N-dealkylation sites (tertiary alicyclic amines) is 1. The number of aliphatic carboxylic acids is 1. The number of rotatable bonds is 3. The zero-order valence-electron chi connectivity index (χ0n) is 12.0. The lowest BCUT2D eigenvalue weighted by molar-refractivity contribution is -0.142. The number of hydrogen-bond acceptors (Lipinski definition) is 2. The topological polar surface area (TPSA) is 69.6 Å². The molecule has 5 heteroatoms. The van der Waals surface area contributed by atoms with Gasteiger partial charge in [-0.25, -0.2) is 9.59 Å². The largest absolute Gasteiger partial charge is 0.480 e. The highest BCUT2D eigenvalue weighted by Crippen LogP contribution is 2.47. The molecule has 5 nitrogen and oxygen atoms in total. The lowest BCUT2D eigenvalue weighted by Crippen LogP contribution is -2.48. The van der Waals surface area contributed by atoms with E-state index in [2.05, 4.69) is 5.32 Å². The number of carboxylic acid groups (broad SMARTS) is 1. The van der Waals surface area contributed by atoms with Crippen molar-refractivity contribution < 1.29 is 14.7 Å². The van der Waals surface area contributed by atoms with Gasteiger partial charge in [0.05, 0.1) is 0 Å². The molecule has 3 aliphatic rings. The molecule has 2 amide bonds. The number of carboxylic acids is 1. The molecule has 3 rings (SSSR count). The molecule has 0 aromatic carbocycles. The predicted octanol–water partition coefficient (Wildman–Crippen LogP) is 1.93. The summed E-state index contributed by atoms with van der Waals surface area (Å²) in [5.74, 6) is 1.43. The molecule has 2 bridgehead atoms. The van der Waals surface area contributed by atoms with Crippen molar-refractivity contribution in [2.24, 2.45) is 23.7 Å². The summed E-state index contributed by atoms with van der Waals surface area (Å²) in [4.78, 5) is 25.0. The Balaban J connectivity index is 1.53. The number of carbonyl (C=O) groups excluding carboxylic acids is 1. The van der Waals surface area contributed by atoms with E-state index < -0.39 is 12.0 Å². The summed E-state index contributed by atoms with van der Waals surface area (Å²) >= 11 is 0. The van der Waals surface area contributed by atoms with Crippen LogP contribution in [-0.2, 0) is 4.79 Å². The first-order chi connectivity index (χ1) is 9.56. The quantitative estimate of drug-likeness (QED) is 0.830. The first-order valence-corrected chi connectivity index (χ1v) is 7.83. The Kier molecular flexibility index (Phi) is 3.61. The van der Waals surface area contributed by atoms with Crippen molar-refractivity contribution in [3.05, 3.63) is 0 Å². The molecule has 1 heterocycles. The van der Waals surface area contributed by atoms with Crippen LogP contribution in [0.25, 0.3) is 0 Å². The lowest BCUT2D eigenvalue weighted by Gasteiger charge is -2.26. The second-order valence-electron chi connectivity index (χ2n) is 6.86. The minimum Gasteiger partial charge on any atom is -0.480 e. The Morgan fingerprint density at radius 2 is 2.05 bits per heavy atom. The van der Waals surface area contributed by atoms with Gasteiger partial charge in [0, 0.05) is 13.1 Å². The molecule has 1 saturated heterocycles. The number of nitrogens with one attached hydrogen (secondary N) is 1. The van der Waals surface area contributed by atoms with Gasteiger partial charge < -0.3 is 15.3 Å². The van der Waals surface area contributed by atoms with Crippen molar-refractivity contribution in [3.63, 3.8) is 0 Å². The van der Waals surface area contributed by atoms with Gasteiger partial charge in [-0.1, -0.05) is 13.3 Å². The van der Waals surface area contributed by atoms with Gasteiger partial charge in [0.2, 0.25) is 0 Å². The van der Waals surface area contributed by atoms with Crippen molar-refractivity contribution >= 4 is 12.0 Å². The fourth-order valence-corrected chi connectivity index (χ4v) is 4.50. The van der Waals surface area contributed by atoms with Crippen molar-refractivity contribution in [2.75, 3.05) is 13.1 Å². The first-order valence-electron chi connectivity index (χ1n) is 7.83. The summed E-state index contributed by atoms with van der Waals surface area (Å²) in [5, 5.41) is 12.2. The molecular weight excluding hydrogens is 256 g/mol. The molecule has 2 N–H and O–H groups in total. The molecule has 2 aliphatic carbocycles. The molecule has 20 heavy (non-hydrogen) atoms. The maximum absolute atomic E-state index is 12.2. The van der Waals surface area contributed by atoms with E-state index in [1.54, 1.807) is 0 Å². The van der Waals surface area contributed by atoms with Crippen LogP contribution in [0.3, 0.4) is 0 Å². The van der Waals surface area contributed by atoms with Crippen molar-refractivity contribution in [3.8, 4) is 0 Å². The second-order valence-corrected chi connectivity index (χ2v) is 6.86. The van der Waals surface area contributed by atoms with Gasteiger partial charge >= 0.3 is 12.0 Å². The Labute approximate surface area is 119 Å². The van der Waals surface area contributed by atoms with Gasteiger partial charge in [-0.15, -0.1) is 0 Å². The summed E-state index contributed by atoms with van der Waals surface area (Å²) in [6, 6.07) is -0.848. The molecule has 112 valence electrons. The van der Waals surface area contributed by atoms with Crippen LogP contribution in [0.5, 0.6) is 0 Å². The predicted molar refractivity (Wildman–Crippen MR) is 74.2 cm³/mol. The lowest BCUT2D eigenvalue weighted by atomic mass is 9.89. The fraction of sp³-hybridized carbons (Fsp3) is 0.867. The molecular formula is C15H24N2O3. The van der Waals surface area contributed by atoms with Crippen LogP contribution in [0, 0.1) is 23.7 Å². The Bertz CT molecular complexity index is 412. The maximum Gasteiger partial charge on any atom is 0.326 e. The third-order valence-corrected chi connectivity index (χ3v) is 5.61. The minimum atomic E-state index is -0.884. The van der Waals surface area contributed by atoms with E-state index >= 15 is 0 Å². The molecule has 5 atom stereocenters. The summed E-state index contributed by atoms with van der Waals surface area (Å²) in [5.41, 5.74) is 0. The average molecular weight is 280 g/mol. The van der Waals surface area contributed by atoms with Gasteiger partial charge in [-0.3, -0.25) is 0 Å². The smallest absolute Gasteiger partial charge is 0.326 e. The first kappa shape index (κ1) is 13.7. The highest BCUT2D eigenvalue weighted by atomic mass is 16.4. The van der Waals surface area contributed by atoms with Crippen LogP contribution in [0.15, 0.2) is 0 Å². The van der Waals surface area contributed by atoms with Crippen LogP contribution in [0.2, 0.25) is 0 Å². The third-order valence-electron chi connectivity index (χ3n) is 5.61. The van der Waals surface area contributed by atoms with E-state index in [-0.39, 0.29) is 11.9 Å². The van der Waals surface area contributed by atoms with Crippen molar-refractivity contribution in [1.82, 2.24) is 10.2 Å². The number of hydrogen-bond donors (Lipinski definition) is 2. The van der Waals surface area contributed by atoms with Crippen LogP contribution in [-0.4, -0.2) is 41.1 Å². The number of amides is 2. The van der Waals surface area contributed by atoms with Crippen LogP contribution >= 0.6 is 0 Å². The van der Waals surface area contributed by atoms with Crippen molar-refractivity contribution in [2.45, 2.75) is 45.1 Å². The molecule has 5 unspecified atom stereocenters. The molecule has 0 aromatic rings. The molecule has 3 fully saturated rings. The third kappa shape index (κ3) is 2.38. The van der Waals surface area contributed by atoms with Gasteiger partial charge in [0.1, 0.15) is 6.04 Å². The number of nitrogens with zero attached hydrogens (tertiary/aromatic N) is 1. The number of carbonyl (C=O) groups is 2. The number of fused-ring (bicyclic) bond motifs is 2. The maximum atomic E-state index is 12.2. The van der Waals surface area contributed by atoms with Crippen molar-refractivity contribution in [1.29, 1.82) is 0 Å². The monoisotopic (exact) mass is 280 g/mol. The molecule has 1 aliphatic heterocycles. The molecule has 0 aromatic heterocycles. The van der Waals surface area contributed by atoms with E-state index in [1.807, 2.05) is 6.92 Å². The second kappa shape index (κ2) is 5.26. The van der Waals surface area contributed by atoms with E-state index in [1.165, 1.54) is 30.6 Å². The Hall–Kier alpha value is -1.26. The van der Waals surface area contributed by atoms with E-state index in [4.69, 9.17) is 0 Å². The normalized spacial score (nSPS) is 39.2. The number of urea groups is 1. The fourth-order valence-electron chi connectivity index (χ4n) is 4.50. The summed E-state index contributed by atoms with van der Waals surface area (Å²) in [6.45, 7) is 3.18. The van der Waals surface area contributed by atoms with Crippen LogP contribution in [0.1, 0.15) is 39.0 Å². The van der Waals surface area contributed by atoms with Gasteiger partial charge in [0.15, 0.2) is 0 Å². The minimum absolute atomic E-state index is 0.0424. The van der Waals surface area contributed by atoms with Gasteiger partial charge in [0.25, 0.3) is 0 Å². The Morgan fingerprint density at radius 3 is 2.65 bits per heavy atom. The van der Waals surface area contributed by atoms with Crippen LogP contribution < -0.4 is 5.32 Å². The summed E-state index contributed by atoms with van der Waals surface area (Å²) in [7, 11) is 0.